The third-order valence-corrected chi connectivity index (χ3v) is 2.62. The normalized spacial score (nSPS) is 10.9. The number of H-pyrrole nitrogens is 2. The number of aromatic nitrogens is 4. The second-order valence-electron chi connectivity index (χ2n) is 3.74. The minimum absolute atomic E-state index is 0.0442. The molecule has 0 unspecified atom stereocenters. The molecule has 19 heavy (non-hydrogen) atoms. The van der Waals surface area contributed by atoms with Crippen molar-refractivity contribution in [2.45, 2.75) is 0 Å². The van der Waals surface area contributed by atoms with Gasteiger partial charge in [0.15, 0.2) is 5.52 Å². The quantitative estimate of drug-likeness (QED) is 0.275. The van der Waals surface area contributed by atoms with Gasteiger partial charge in [-0.2, -0.15) is 0 Å². The first-order chi connectivity index (χ1) is 9.08. The molecule has 0 radical (unpaired) electrons. The van der Waals surface area contributed by atoms with E-state index < -0.39 is 16.0 Å². The maximum absolute atomic E-state index is 11.3. The number of fused-ring (bicyclic) bond motifs is 3. The van der Waals surface area contributed by atoms with Crippen LogP contribution in [0, 0.1) is 10.1 Å². The van der Waals surface area contributed by atoms with Gasteiger partial charge in [0.05, 0.1) is 16.0 Å². The molecule has 0 aliphatic rings. The van der Waals surface area contributed by atoms with E-state index in [1.165, 1.54) is 12.4 Å². The van der Waals surface area contributed by atoms with Crippen LogP contribution in [-0.2, 0) is 0 Å². The molecule has 0 aliphatic carbocycles. The van der Waals surface area contributed by atoms with Gasteiger partial charge in [0, 0.05) is 18.5 Å². The Labute approximate surface area is 103 Å². The molecule has 2 N–H and O–H groups in total. The Balaban J connectivity index is 2.65. The van der Waals surface area contributed by atoms with Gasteiger partial charge in [-0.05, 0) is 0 Å². The fourth-order valence-electron chi connectivity index (χ4n) is 1.83. The van der Waals surface area contributed by atoms with Crippen molar-refractivity contribution >= 4 is 27.8 Å². The summed E-state index contributed by atoms with van der Waals surface area (Å²) in [5, 5.41) is 11.0. The van der Waals surface area contributed by atoms with E-state index in [-0.39, 0.29) is 27.8 Å². The number of aromatic amines is 2. The van der Waals surface area contributed by atoms with Crippen LogP contribution >= 0.6 is 0 Å². The zero-order valence-electron chi connectivity index (χ0n) is 9.21. The van der Waals surface area contributed by atoms with Crippen LogP contribution in [-0.4, -0.2) is 24.9 Å². The molecule has 0 aliphatic heterocycles. The van der Waals surface area contributed by atoms with Crippen molar-refractivity contribution in [3.8, 4) is 0 Å². The molecule has 3 rings (SSSR count). The summed E-state index contributed by atoms with van der Waals surface area (Å²) in [6.45, 7) is 0. The summed E-state index contributed by atoms with van der Waals surface area (Å²) in [5.74, 6) is 0. The van der Waals surface area contributed by atoms with E-state index in [1.807, 2.05) is 0 Å². The van der Waals surface area contributed by atoms with Crippen molar-refractivity contribution in [1.82, 2.24) is 19.9 Å². The second kappa shape index (κ2) is 3.70. The Kier molecular flexibility index (Phi) is 2.14. The lowest BCUT2D eigenvalue weighted by molar-refractivity contribution is -0.383. The Morgan fingerprint density at radius 3 is 2.37 bits per heavy atom. The molecule has 0 spiro atoms. The molecule has 2 aromatic heterocycles. The highest BCUT2D eigenvalue weighted by Gasteiger charge is 2.18. The highest BCUT2D eigenvalue weighted by atomic mass is 16.6. The predicted molar refractivity (Wildman–Crippen MR) is 64.9 cm³/mol. The Hall–Kier alpha value is -3.10. The van der Waals surface area contributed by atoms with Gasteiger partial charge in [-0.25, -0.2) is 4.98 Å². The molecule has 9 nitrogen and oxygen atoms in total. The van der Waals surface area contributed by atoms with Crippen molar-refractivity contribution in [1.29, 1.82) is 0 Å². The SMILES string of the molecule is O=c1[nH]c2cc([N+](=O)[O-])c3nccnc3c2[nH]c1=O. The van der Waals surface area contributed by atoms with Crippen LogP contribution in [0.1, 0.15) is 0 Å². The standard InChI is InChI=1S/C10H5N5O4/c16-9-10(17)14-6-4(13-9)3-5(15(18)19)7-8(6)12-2-1-11-7/h1-3H,(H,13,16)(H,14,17). The second-order valence-corrected chi connectivity index (χ2v) is 3.74. The smallest absolute Gasteiger partial charge is 0.314 e. The van der Waals surface area contributed by atoms with Crippen LogP contribution in [0.5, 0.6) is 0 Å². The minimum atomic E-state index is -0.884. The molecule has 0 saturated carbocycles. The van der Waals surface area contributed by atoms with Crippen molar-refractivity contribution in [2.24, 2.45) is 0 Å². The molecule has 0 amide bonds. The van der Waals surface area contributed by atoms with Crippen molar-refractivity contribution < 1.29 is 4.92 Å². The van der Waals surface area contributed by atoms with Gasteiger partial charge in [0.1, 0.15) is 5.52 Å². The van der Waals surface area contributed by atoms with Gasteiger partial charge in [-0.15, -0.1) is 0 Å². The van der Waals surface area contributed by atoms with Crippen molar-refractivity contribution in [2.75, 3.05) is 0 Å². The number of nitro benzene ring substituents is 1. The summed E-state index contributed by atoms with van der Waals surface area (Å²) in [4.78, 5) is 45.4. The van der Waals surface area contributed by atoms with Crippen molar-refractivity contribution in [3.05, 3.63) is 49.3 Å². The Morgan fingerprint density at radius 2 is 1.68 bits per heavy atom. The van der Waals surface area contributed by atoms with Crippen LogP contribution < -0.4 is 11.1 Å². The van der Waals surface area contributed by atoms with E-state index >= 15 is 0 Å². The molecular formula is C10H5N5O4. The maximum Gasteiger partial charge on any atom is 0.314 e. The number of nitrogens with zero attached hydrogens (tertiary/aromatic N) is 3. The maximum atomic E-state index is 11.3. The highest BCUT2D eigenvalue weighted by Crippen LogP contribution is 2.27. The molecule has 0 atom stereocenters. The largest absolute Gasteiger partial charge is 0.316 e. The average Bonchev–Trinajstić information content (AvgIpc) is 2.39. The first-order valence-corrected chi connectivity index (χ1v) is 5.12. The number of hydrogen-bond donors (Lipinski definition) is 2. The summed E-state index contributed by atoms with van der Waals surface area (Å²) in [6.07, 6.45) is 2.65. The van der Waals surface area contributed by atoms with E-state index in [1.54, 1.807) is 0 Å². The summed E-state index contributed by atoms with van der Waals surface area (Å²) in [5.41, 5.74) is -1.50. The number of hydrogen-bond acceptors (Lipinski definition) is 6. The summed E-state index contributed by atoms with van der Waals surface area (Å²) >= 11 is 0. The molecule has 1 aromatic carbocycles. The van der Waals surface area contributed by atoms with Crippen LogP contribution in [0.25, 0.3) is 22.1 Å². The van der Waals surface area contributed by atoms with Gasteiger partial charge in [-0.1, -0.05) is 0 Å². The zero-order chi connectivity index (χ0) is 13.6. The molecular weight excluding hydrogens is 254 g/mol. The zero-order valence-corrected chi connectivity index (χ0v) is 9.21. The molecule has 2 heterocycles. The van der Waals surface area contributed by atoms with Gasteiger partial charge < -0.3 is 9.97 Å². The van der Waals surface area contributed by atoms with Gasteiger partial charge in [-0.3, -0.25) is 24.7 Å². The minimum Gasteiger partial charge on any atom is -0.316 e. The molecule has 0 bridgehead atoms. The highest BCUT2D eigenvalue weighted by molar-refractivity contribution is 6.03. The summed E-state index contributed by atoms with van der Waals surface area (Å²) in [7, 11) is 0. The lowest BCUT2D eigenvalue weighted by Gasteiger charge is -2.02. The van der Waals surface area contributed by atoms with E-state index in [9.17, 15) is 19.7 Å². The first-order valence-electron chi connectivity index (χ1n) is 5.12. The fraction of sp³-hybridized carbons (Fsp3) is 0. The number of nitro groups is 1. The van der Waals surface area contributed by atoms with E-state index in [4.69, 9.17) is 0 Å². The number of nitrogens with one attached hydrogen (secondary N) is 2. The topological polar surface area (TPSA) is 135 Å². The number of benzene rings is 1. The summed E-state index contributed by atoms with van der Waals surface area (Å²) < 4.78 is 0. The Morgan fingerprint density at radius 1 is 1.05 bits per heavy atom. The van der Waals surface area contributed by atoms with Crippen LogP contribution in [0.3, 0.4) is 0 Å². The predicted octanol–water partition coefficient (Wildman–Crippen LogP) is 0.0678. The first kappa shape index (κ1) is 11.0. The van der Waals surface area contributed by atoms with Gasteiger partial charge >= 0.3 is 11.1 Å². The Bertz CT molecular complexity index is 942. The lowest BCUT2D eigenvalue weighted by Crippen LogP contribution is -2.29. The molecule has 0 fully saturated rings. The lowest BCUT2D eigenvalue weighted by atomic mass is 10.2. The summed E-state index contributed by atoms with van der Waals surface area (Å²) in [6, 6.07) is 1.14. The fourth-order valence-corrected chi connectivity index (χ4v) is 1.83. The van der Waals surface area contributed by atoms with E-state index in [0.29, 0.717) is 0 Å². The van der Waals surface area contributed by atoms with Crippen LogP contribution in [0.15, 0.2) is 28.0 Å². The molecule has 3 aromatic rings. The third-order valence-electron chi connectivity index (χ3n) is 2.62. The van der Waals surface area contributed by atoms with Crippen molar-refractivity contribution in [3.63, 3.8) is 0 Å². The third kappa shape index (κ3) is 1.56. The molecule has 94 valence electrons. The van der Waals surface area contributed by atoms with Gasteiger partial charge in [0.25, 0.3) is 5.69 Å². The van der Waals surface area contributed by atoms with Gasteiger partial charge in [0.2, 0.25) is 0 Å². The van der Waals surface area contributed by atoms with E-state index in [2.05, 4.69) is 19.9 Å². The molecule has 9 heteroatoms. The average molecular weight is 259 g/mol. The molecule has 0 saturated heterocycles. The number of rotatable bonds is 1. The van der Waals surface area contributed by atoms with E-state index in [0.717, 1.165) is 6.07 Å². The van der Waals surface area contributed by atoms with Crippen LogP contribution in [0.2, 0.25) is 0 Å². The van der Waals surface area contributed by atoms with Crippen LogP contribution in [0.4, 0.5) is 5.69 Å². The monoisotopic (exact) mass is 259 g/mol. The number of non-ortho nitro benzene ring substituents is 1.